The molecule has 0 aromatic rings. The van der Waals surface area contributed by atoms with Crippen molar-refractivity contribution in [3.8, 4) is 0 Å². The maximum Gasteiger partial charge on any atom is 0.214 e. The zero-order valence-corrected chi connectivity index (χ0v) is 7.01. The van der Waals surface area contributed by atoms with Gasteiger partial charge in [-0.1, -0.05) is 19.9 Å². The summed E-state index contributed by atoms with van der Waals surface area (Å²) in [5.41, 5.74) is 0. The minimum atomic E-state index is -2.41. The summed E-state index contributed by atoms with van der Waals surface area (Å²) in [6, 6.07) is 0. The average molecular weight is 148 g/mol. The maximum absolute atomic E-state index is 10.5. The molecule has 0 bridgehead atoms. The molecule has 1 unspecified atom stereocenters. The van der Waals surface area contributed by atoms with Gasteiger partial charge in [-0.25, -0.2) is 0 Å². The number of hydrogen-bond acceptors (Lipinski definition) is 1. The van der Waals surface area contributed by atoms with E-state index < -0.39 is 8.03 Å². The lowest BCUT2D eigenvalue weighted by atomic mass is 10.2. The van der Waals surface area contributed by atoms with E-state index >= 15 is 0 Å². The molecule has 0 amide bonds. The Balaban J connectivity index is 4.19. The third-order valence-electron chi connectivity index (χ3n) is 1.18. The Hall–Kier alpha value is -0.0700. The van der Waals surface area contributed by atoms with E-state index in [0.717, 1.165) is 0 Å². The van der Waals surface area contributed by atoms with Crippen LogP contribution in [0.3, 0.4) is 0 Å². The highest BCUT2D eigenvalue weighted by atomic mass is 31.1. The van der Waals surface area contributed by atoms with Crippen molar-refractivity contribution in [3.63, 3.8) is 0 Å². The van der Waals surface area contributed by atoms with Gasteiger partial charge in [0, 0.05) is 5.31 Å². The Labute approximate surface area is 56.5 Å². The molecular weight excluding hydrogens is 135 g/mol. The van der Waals surface area contributed by atoms with E-state index in [4.69, 9.17) is 4.89 Å². The first-order chi connectivity index (χ1) is 4.09. The van der Waals surface area contributed by atoms with Gasteiger partial charge < -0.3 is 4.89 Å². The summed E-state index contributed by atoms with van der Waals surface area (Å²) in [4.78, 5) is 8.66. The molecule has 0 aliphatic carbocycles. The van der Waals surface area contributed by atoms with Crippen LogP contribution in [0.2, 0.25) is 0 Å². The van der Waals surface area contributed by atoms with Crippen LogP contribution in [0.25, 0.3) is 0 Å². The molecule has 9 heavy (non-hydrogen) atoms. The van der Waals surface area contributed by atoms with Crippen LogP contribution < -0.4 is 0 Å². The Morgan fingerprint density at radius 2 is 2.11 bits per heavy atom. The van der Waals surface area contributed by atoms with E-state index in [1.54, 1.807) is 13.0 Å². The summed E-state index contributed by atoms with van der Waals surface area (Å²) in [6.07, 6.45) is 1.71. The summed E-state index contributed by atoms with van der Waals surface area (Å²) >= 11 is 0. The highest BCUT2D eigenvalue weighted by Crippen LogP contribution is 2.32. The zero-order valence-electron chi connectivity index (χ0n) is 6.01. The molecule has 0 saturated carbocycles. The van der Waals surface area contributed by atoms with Crippen molar-refractivity contribution in [2.75, 3.05) is 0 Å². The molecule has 1 N–H and O–H groups in total. The quantitative estimate of drug-likeness (QED) is 0.608. The Morgan fingerprint density at radius 1 is 1.67 bits per heavy atom. The molecule has 54 valence electrons. The fourth-order valence-corrected chi connectivity index (χ4v) is 1.44. The highest BCUT2D eigenvalue weighted by Gasteiger charge is 2.05. The lowest BCUT2D eigenvalue weighted by molar-refractivity contribution is 0.504. The zero-order chi connectivity index (χ0) is 7.44. The first kappa shape index (κ1) is 8.93. The normalized spacial score (nSPS) is 16.3. The Bertz CT molecular complexity index is 138. The van der Waals surface area contributed by atoms with Crippen LogP contribution >= 0.6 is 8.03 Å². The molecule has 0 aromatic carbocycles. The van der Waals surface area contributed by atoms with Gasteiger partial charge in [0.25, 0.3) is 0 Å². The van der Waals surface area contributed by atoms with Crippen molar-refractivity contribution in [2.24, 2.45) is 5.92 Å². The predicted molar refractivity (Wildman–Crippen MR) is 39.8 cm³/mol. The van der Waals surface area contributed by atoms with Gasteiger partial charge in [-0.3, -0.25) is 4.57 Å². The van der Waals surface area contributed by atoms with Gasteiger partial charge in [-0.2, -0.15) is 0 Å². The van der Waals surface area contributed by atoms with Gasteiger partial charge >= 0.3 is 0 Å². The van der Waals surface area contributed by atoms with Crippen molar-refractivity contribution in [3.05, 3.63) is 11.4 Å². The molecule has 0 heterocycles. The largest absolute Gasteiger partial charge is 0.343 e. The molecule has 0 spiro atoms. The van der Waals surface area contributed by atoms with Gasteiger partial charge in [0.15, 0.2) is 0 Å². The van der Waals surface area contributed by atoms with E-state index in [0.29, 0.717) is 5.31 Å². The maximum atomic E-state index is 10.5. The smallest absolute Gasteiger partial charge is 0.214 e. The van der Waals surface area contributed by atoms with Crippen molar-refractivity contribution in [2.45, 2.75) is 20.8 Å². The second-order valence-electron chi connectivity index (χ2n) is 2.20. The molecule has 0 aliphatic heterocycles. The summed E-state index contributed by atoms with van der Waals surface area (Å²) in [7, 11) is -2.41. The summed E-state index contributed by atoms with van der Waals surface area (Å²) in [6.45, 7) is 5.61. The van der Waals surface area contributed by atoms with Crippen LogP contribution in [0.1, 0.15) is 20.8 Å². The fraction of sp³-hybridized carbons (Fsp3) is 0.667. The molecule has 0 aliphatic rings. The van der Waals surface area contributed by atoms with Crippen LogP contribution in [0.5, 0.6) is 0 Å². The topological polar surface area (TPSA) is 37.3 Å². The van der Waals surface area contributed by atoms with Gasteiger partial charge in [0.05, 0.1) is 0 Å². The van der Waals surface area contributed by atoms with E-state index in [-0.39, 0.29) is 5.92 Å². The molecule has 2 nitrogen and oxygen atoms in total. The first-order valence-corrected chi connectivity index (χ1v) is 4.34. The van der Waals surface area contributed by atoms with Crippen molar-refractivity contribution >= 4 is 8.03 Å². The highest BCUT2D eigenvalue weighted by molar-refractivity contribution is 7.43. The van der Waals surface area contributed by atoms with Crippen LogP contribution in [-0.4, -0.2) is 4.89 Å². The summed E-state index contributed by atoms with van der Waals surface area (Å²) in [5.74, 6) is 0.200. The average Bonchev–Trinajstić information content (AvgIpc) is 1.64. The Kier molecular flexibility index (Phi) is 3.83. The molecular formula is C6H13O2P. The number of hydrogen-bond donors (Lipinski definition) is 1. The monoisotopic (exact) mass is 148 g/mol. The van der Waals surface area contributed by atoms with E-state index in [9.17, 15) is 4.57 Å². The second kappa shape index (κ2) is 3.86. The number of rotatable bonds is 2. The van der Waals surface area contributed by atoms with Gasteiger partial charge in [-0.05, 0) is 12.8 Å². The van der Waals surface area contributed by atoms with Crippen LogP contribution in [0.15, 0.2) is 11.4 Å². The van der Waals surface area contributed by atoms with E-state index in [2.05, 4.69) is 0 Å². The van der Waals surface area contributed by atoms with Crippen molar-refractivity contribution in [1.82, 2.24) is 0 Å². The Morgan fingerprint density at radius 3 is 2.11 bits per heavy atom. The summed E-state index contributed by atoms with van der Waals surface area (Å²) < 4.78 is 10.5. The molecule has 1 atom stereocenters. The standard InChI is InChI=1S/C6H13O2P/c1-4-6(5(2)3)9(7)8/h4-5,9H,1-3H3,(H,7,8). The van der Waals surface area contributed by atoms with Crippen LogP contribution in [-0.2, 0) is 4.57 Å². The number of allylic oxidation sites excluding steroid dienone is 2. The SMILES string of the molecule is CC=C(C(C)C)[PH](=O)O. The van der Waals surface area contributed by atoms with Gasteiger partial charge in [-0.15, -0.1) is 0 Å². The van der Waals surface area contributed by atoms with E-state index in [1.807, 2.05) is 13.8 Å². The second-order valence-corrected chi connectivity index (χ2v) is 3.39. The molecule has 0 aromatic heterocycles. The van der Waals surface area contributed by atoms with E-state index in [1.165, 1.54) is 0 Å². The van der Waals surface area contributed by atoms with Gasteiger partial charge in [0.1, 0.15) is 0 Å². The fourth-order valence-electron chi connectivity index (χ4n) is 0.704. The van der Waals surface area contributed by atoms with Crippen molar-refractivity contribution in [1.29, 1.82) is 0 Å². The molecule has 3 heteroatoms. The minimum absolute atomic E-state index is 0.200. The molecule has 0 rings (SSSR count). The lowest BCUT2D eigenvalue weighted by Gasteiger charge is -2.04. The third kappa shape index (κ3) is 2.83. The van der Waals surface area contributed by atoms with Crippen LogP contribution in [0.4, 0.5) is 0 Å². The summed E-state index contributed by atoms with van der Waals surface area (Å²) in [5, 5.41) is 0.667. The molecule has 0 saturated heterocycles. The minimum Gasteiger partial charge on any atom is -0.343 e. The first-order valence-electron chi connectivity index (χ1n) is 2.99. The lowest BCUT2D eigenvalue weighted by Crippen LogP contribution is -1.87. The van der Waals surface area contributed by atoms with Crippen LogP contribution in [0, 0.1) is 5.92 Å². The molecule has 0 fully saturated rings. The predicted octanol–water partition coefficient (Wildman–Crippen LogP) is 2.01. The molecule has 0 radical (unpaired) electrons. The van der Waals surface area contributed by atoms with Crippen molar-refractivity contribution < 1.29 is 9.46 Å². The third-order valence-corrected chi connectivity index (χ3v) is 2.54. The van der Waals surface area contributed by atoms with Gasteiger partial charge in [0.2, 0.25) is 8.03 Å².